The number of hydrogen-bond acceptors (Lipinski definition) is 5. The third-order valence-corrected chi connectivity index (χ3v) is 5.60. The molecule has 1 aromatic rings. The van der Waals surface area contributed by atoms with Crippen LogP contribution in [0, 0.1) is 0 Å². The molecule has 0 fully saturated rings. The van der Waals surface area contributed by atoms with E-state index in [1.165, 1.54) is 0 Å². The average molecular weight is 342 g/mol. The molecule has 0 unspecified atom stereocenters. The number of carbonyl (C=O) groups excluding carboxylic acids is 1. The van der Waals surface area contributed by atoms with Gasteiger partial charge >= 0.3 is 0 Å². The van der Waals surface area contributed by atoms with Gasteiger partial charge in [-0.2, -0.15) is 0 Å². The highest BCUT2D eigenvalue weighted by Gasteiger charge is 2.19. The van der Waals surface area contributed by atoms with Crippen LogP contribution in [0.25, 0.3) is 0 Å². The van der Waals surface area contributed by atoms with E-state index in [0.717, 1.165) is 11.3 Å². The van der Waals surface area contributed by atoms with Gasteiger partial charge in [-0.05, 0) is 31.7 Å². The summed E-state index contributed by atoms with van der Waals surface area (Å²) in [6.07, 6.45) is 0. The number of nitrogens with one attached hydrogen (secondary N) is 1. The topological polar surface area (TPSA) is 75.7 Å². The molecule has 0 aliphatic carbocycles. The number of ether oxygens (including phenoxy) is 1. The van der Waals surface area contributed by atoms with E-state index in [0.29, 0.717) is 6.54 Å². The Bertz CT molecular complexity index is 599. The van der Waals surface area contributed by atoms with Gasteiger partial charge in [-0.1, -0.05) is 19.1 Å². The standard InChI is InChI=1S/C16H26N2O4S/c1-5-23(20,21)12-13(2)18(3)11-16(19)17-10-14-6-8-15(22-4)9-7-14/h6-9,13H,5,10-12H2,1-4H3,(H,17,19)/t13-/m1/s1. The van der Waals surface area contributed by atoms with E-state index in [1.54, 1.807) is 26.0 Å². The fourth-order valence-electron chi connectivity index (χ4n) is 1.99. The molecule has 23 heavy (non-hydrogen) atoms. The molecule has 7 heteroatoms. The summed E-state index contributed by atoms with van der Waals surface area (Å²) in [5, 5.41) is 2.83. The van der Waals surface area contributed by atoms with Crippen LogP contribution >= 0.6 is 0 Å². The Morgan fingerprint density at radius 2 is 1.91 bits per heavy atom. The second-order valence-electron chi connectivity index (χ2n) is 5.59. The largest absolute Gasteiger partial charge is 0.497 e. The number of amides is 1. The van der Waals surface area contributed by atoms with Crippen molar-refractivity contribution in [2.24, 2.45) is 0 Å². The normalized spacial score (nSPS) is 12.9. The van der Waals surface area contributed by atoms with Crippen molar-refractivity contribution in [1.82, 2.24) is 10.2 Å². The Labute approximate surface area is 138 Å². The SMILES string of the molecule is CCS(=O)(=O)C[C@@H](C)N(C)CC(=O)NCc1ccc(OC)cc1. The van der Waals surface area contributed by atoms with Crippen LogP contribution in [0.15, 0.2) is 24.3 Å². The van der Waals surface area contributed by atoms with Crippen LogP contribution in [-0.4, -0.2) is 57.5 Å². The molecule has 0 saturated heterocycles. The van der Waals surface area contributed by atoms with Crippen molar-refractivity contribution in [2.75, 3.05) is 32.2 Å². The van der Waals surface area contributed by atoms with Gasteiger partial charge in [0, 0.05) is 18.3 Å². The number of benzene rings is 1. The zero-order chi connectivity index (χ0) is 17.5. The first kappa shape index (κ1) is 19.4. The van der Waals surface area contributed by atoms with Crippen molar-refractivity contribution in [3.05, 3.63) is 29.8 Å². The lowest BCUT2D eigenvalue weighted by Gasteiger charge is -2.23. The summed E-state index contributed by atoms with van der Waals surface area (Å²) >= 11 is 0. The van der Waals surface area contributed by atoms with Crippen LogP contribution in [0.2, 0.25) is 0 Å². The molecule has 6 nitrogen and oxygen atoms in total. The van der Waals surface area contributed by atoms with Gasteiger partial charge in [0.2, 0.25) is 5.91 Å². The first-order valence-electron chi connectivity index (χ1n) is 7.57. The van der Waals surface area contributed by atoms with Crippen LogP contribution in [0.3, 0.4) is 0 Å². The lowest BCUT2D eigenvalue weighted by molar-refractivity contribution is -0.122. The summed E-state index contributed by atoms with van der Waals surface area (Å²) in [6.45, 7) is 4.03. The molecule has 0 saturated carbocycles. The zero-order valence-electron chi connectivity index (χ0n) is 14.2. The molecule has 1 aromatic carbocycles. The van der Waals surface area contributed by atoms with Crippen molar-refractivity contribution < 1.29 is 17.9 Å². The fraction of sp³-hybridized carbons (Fsp3) is 0.562. The molecule has 1 atom stereocenters. The molecule has 0 aromatic heterocycles. The first-order valence-corrected chi connectivity index (χ1v) is 9.39. The maximum absolute atomic E-state index is 12.0. The molecule has 0 aliphatic rings. The smallest absolute Gasteiger partial charge is 0.234 e. The van der Waals surface area contributed by atoms with Crippen molar-refractivity contribution in [3.63, 3.8) is 0 Å². The van der Waals surface area contributed by atoms with Gasteiger partial charge in [0.05, 0.1) is 19.4 Å². The van der Waals surface area contributed by atoms with E-state index in [1.807, 2.05) is 31.2 Å². The van der Waals surface area contributed by atoms with E-state index in [9.17, 15) is 13.2 Å². The summed E-state index contributed by atoms with van der Waals surface area (Å²) in [5.74, 6) is 0.815. The van der Waals surface area contributed by atoms with Gasteiger partial charge in [0.25, 0.3) is 0 Å². The van der Waals surface area contributed by atoms with Gasteiger partial charge in [-0.15, -0.1) is 0 Å². The number of nitrogens with zero attached hydrogens (tertiary/aromatic N) is 1. The molecule has 0 spiro atoms. The van der Waals surface area contributed by atoms with E-state index < -0.39 is 9.84 Å². The molecule has 0 aliphatic heterocycles. The van der Waals surface area contributed by atoms with E-state index >= 15 is 0 Å². The van der Waals surface area contributed by atoms with Gasteiger partial charge < -0.3 is 10.1 Å². The van der Waals surface area contributed by atoms with E-state index in [-0.39, 0.29) is 30.0 Å². The Hall–Kier alpha value is -1.60. The maximum atomic E-state index is 12.0. The highest BCUT2D eigenvalue weighted by molar-refractivity contribution is 7.91. The first-order chi connectivity index (χ1) is 10.8. The summed E-state index contributed by atoms with van der Waals surface area (Å²) < 4.78 is 28.3. The summed E-state index contributed by atoms with van der Waals surface area (Å²) in [4.78, 5) is 13.7. The van der Waals surface area contributed by atoms with Crippen LogP contribution in [0.5, 0.6) is 5.75 Å². The summed E-state index contributed by atoms with van der Waals surface area (Å²) in [5.41, 5.74) is 0.975. The minimum atomic E-state index is -3.05. The molecule has 1 N–H and O–H groups in total. The van der Waals surface area contributed by atoms with Crippen LogP contribution in [0.1, 0.15) is 19.4 Å². The van der Waals surface area contributed by atoms with Crippen molar-refractivity contribution in [1.29, 1.82) is 0 Å². The number of methoxy groups -OCH3 is 1. The third-order valence-electron chi connectivity index (χ3n) is 3.73. The second-order valence-corrected chi connectivity index (χ2v) is 7.99. The molecule has 130 valence electrons. The quantitative estimate of drug-likeness (QED) is 0.726. The Kier molecular flexibility index (Phi) is 7.51. The number of sulfone groups is 1. The number of likely N-dealkylation sites (N-methyl/N-ethyl adjacent to an activating group) is 1. The molecular weight excluding hydrogens is 316 g/mol. The monoisotopic (exact) mass is 342 g/mol. The highest BCUT2D eigenvalue weighted by atomic mass is 32.2. The second kappa shape index (κ2) is 8.88. The molecule has 0 bridgehead atoms. The number of rotatable bonds is 9. The van der Waals surface area contributed by atoms with E-state index in [4.69, 9.17) is 4.74 Å². The predicted molar refractivity (Wildman–Crippen MR) is 91.3 cm³/mol. The number of hydrogen-bond donors (Lipinski definition) is 1. The summed E-state index contributed by atoms with van der Waals surface area (Å²) in [7, 11) is 0.310. The maximum Gasteiger partial charge on any atom is 0.234 e. The minimum absolute atomic E-state index is 0.0613. The molecule has 1 rings (SSSR count). The van der Waals surface area contributed by atoms with Crippen molar-refractivity contribution >= 4 is 15.7 Å². The van der Waals surface area contributed by atoms with Crippen LogP contribution in [-0.2, 0) is 21.2 Å². The van der Waals surface area contributed by atoms with Gasteiger partial charge in [-0.25, -0.2) is 8.42 Å². The lowest BCUT2D eigenvalue weighted by Crippen LogP contribution is -2.42. The van der Waals surface area contributed by atoms with Gasteiger partial charge in [0.15, 0.2) is 9.84 Å². The Balaban J connectivity index is 2.42. The molecule has 0 heterocycles. The predicted octanol–water partition coefficient (Wildman–Crippen LogP) is 1.07. The van der Waals surface area contributed by atoms with E-state index in [2.05, 4.69) is 5.32 Å². The van der Waals surface area contributed by atoms with Crippen molar-refractivity contribution in [3.8, 4) is 5.75 Å². The van der Waals surface area contributed by atoms with Gasteiger partial charge in [0.1, 0.15) is 5.75 Å². The van der Waals surface area contributed by atoms with Gasteiger partial charge in [-0.3, -0.25) is 9.69 Å². The zero-order valence-corrected chi connectivity index (χ0v) is 15.0. The minimum Gasteiger partial charge on any atom is -0.497 e. The average Bonchev–Trinajstić information content (AvgIpc) is 2.53. The Morgan fingerprint density at radius 3 is 2.43 bits per heavy atom. The summed E-state index contributed by atoms with van der Waals surface area (Å²) in [6, 6.07) is 7.25. The molecular formula is C16H26N2O4S. The third kappa shape index (κ3) is 7.00. The van der Waals surface area contributed by atoms with Crippen molar-refractivity contribution in [2.45, 2.75) is 26.4 Å². The Morgan fingerprint density at radius 1 is 1.30 bits per heavy atom. The fourth-order valence-corrected chi connectivity index (χ4v) is 3.22. The van der Waals surface area contributed by atoms with Crippen LogP contribution < -0.4 is 10.1 Å². The van der Waals surface area contributed by atoms with Crippen LogP contribution in [0.4, 0.5) is 0 Å². The lowest BCUT2D eigenvalue weighted by atomic mass is 10.2. The highest BCUT2D eigenvalue weighted by Crippen LogP contribution is 2.10. The number of carbonyl (C=O) groups is 1. The molecule has 1 amide bonds. The molecule has 0 radical (unpaired) electrons.